The van der Waals surface area contributed by atoms with Gasteiger partial charge in [0.15, 0.2) is 0 Å². The highest BCUT2D eigenvalue weighted by Crippen LogP contribution is 2.52. The van der Waals surface area contributed by atoms with Gasteiger partial charge in [-0.1, -0.05) is 20.8 Å². The summed E-state index contributed by atoms with van der Waals surface area (Å²) in [6, 6.07) is 0.510. The maximum absolute atomic E-state index is 12.6. The van der Waals surface area contributed by atoms with Crippen LogP contribution >= 0.6 is 0 Å². The van der Waals surface area contributed by atoms with Crippen LogP contribution in [-0.2, 0) is 4.79 Å². The molecule has 1 N–H and O–H groups in total. The van der Waals surface area contributed by atoms with Crippen LogP contribution in [0.4, 0.5) is 0 Å². The Hall–Kier alpha value is -0.570. The fourth-order valence-electron chi connectivity index (χ4n) is 5.00. The number of nitrogens with one attached hydrogen (secondary N) is 1. The molecule has 2 heterocycles. The lowest BCUT2D eigenvalue weighted by molar-refractivity contribution is -0.133. The van der Waals surface area contributed by atoms with Crippen molar-refractivity contribution in [2.75, 3.05) is 19.6 Å². The van der Waals surface area contributed by atoms with Crippen LogP contribution < -0.4 is 5.32 Å². The van der Waals surface area contributed by atoms with E-state index >= 15 is 0 Å². The largest absolute Gasteiger partial charge is 0.339 e. The van der Waals surface area contributed by atoms with E-state index in [1.807, 2.05) is 0 Å². The van der Waals surface area contributed by atoms with E-state index < -0.39 is 0 Å². The summed E-state index contributed by atoms with van der Waals surface area (Å²) < 4.78 is 0. The van der Waals surface area contributed by atoms with Gasteiger partial charge in [-0.25, -0.2) is 0 Å². The van der Waals surface area contributed by atoms with Gasteiger partial charge in [-0.2, -0.15) is 0 Å². The molecule has 2 saturated heterocycles. The lowest BCUT2D eigenvalue weighted by atomic mass is 9.65. The van der Waals surface area contributed by atoms with Crippen molar-refractivity contribution in [1.82, 2.24) is 10.2 Å². The van der Waals surface area contributed by atoms with Crippen LogP contribution in [0.25, 0.3) is 0 Å². The number of likely N-dealkylation sites (tertiary alicyclic amines) is 1. The number of carbonyl (C=O) groups is 1. The predicted octanol–water partition coefficient (Wildman–Crippen LogP) is 2.41. The summed E-state index contributed by atoms with van der Waals surface area (Å²) >= 11 is 0. The van der Waals surface area contributed by atoms with E-state index in [0.29, 0.717) is 28.7 Å². The second-order valence-corrected chi connectivity index (χ2v) is 8.30. The average molecular weight is 264 g/mol. The Balaban J connectivity index is 1.67. The van der Waals surface area contributed by atoms with Crippen molar-refractivity contribution in [2.24, 2.45) is 16.7 Å². The molecule has 3 unspecified atom stereocenters. The highest BCUT2D eigenvalue weighted by molar-refractivity contribution is 5.77. The number of hydrogen-bond acceptors (Lipinski definition) is 2. The van der Waals surface area contributed by atoms with Crippen LogP contribution in [0.3, 0.4) is 0 Å². The molecule has 0 radical (unpaired) electrons. The monoisotopic (exact) mass is 264 g/mol. The molecule has 2 bridgehead atoms. The molecule has 0 aromatic carbocycles. The first-order valence-electron chi connectivity index (χ1n) is 7.87. The maximum atomic E-state index is 12.6. The molecule has 0 aromatic heterocycles. The fourth-order valence-corrected chi connectivity index (χ4v) is 5.00. The van der Waals surface area contributed by atoms with Gasteiger partial charge in [-0.05, 0) is 55.5 Å². The minimum absolute atomic E-state index is 0.371. The van der Waals surface area contributed by atoms with E-state index in [4.69, 9.17) is 0 Å². The smallest absolute Gasteiger partial charge is 0.223 e. The van der Waals surface area contributed by atoms with E-state index in [2.05, 4.69) is 31.0 Å². The predicted molar refractivity (Wildman–Crippen MR) is 76.8 cm³/mol. The lowest BCUT2D eigenvalue weighted by Gasteiger charge is -2.39. The third-order valence-corrected chi connectivity index (χ3v) is 5.36. The highest BCUT2D eigenvalue weighted by atomic mass is 16.2. The Bertz CT molecular complexity index is 373. The molecular weight excluding hydrogens is 236 g/mol. The Kier molecular flexibility index (Phi) is 3.16. The molecule has 3 fully saturated rings. The first-order chi connectivity index (χ1) is 8.87. The Morgan fingerprint density at radius 2 is 2.11 bits per heavy atom. The molecule has 108 valence electrons. The summed E-state index contributed by atoms with van der Waals surface area (Å²) in [6.07, 6.45) is 5.63. The molecule has 3 aliphatic rings. The van der Waals surface area contributed by atoms with Crippen molar-refractivity contribution in [3.63, 3.8) is 0 Å². The van der Waals surface area contributed by atoms with Gasteiger partial charge in [-0.3, -0.25) is 4.79 Å². The summed E-state index contributed by atoms with van der Waals surface area (Å²) in [5.74, 6) is 0.994. The van der Waals surface area contributed by atoms with Crippen molar-refractivity contribution in [3.05, 3.63) is 0 Å². The van der Waals surface area contributed by atoms with Crippen LogP contribution in [0.15, 0.2) is 0 Å². The Morgan fingerprint density at radius 3 is 2.79 bits per heavy atom. The molecular formula is C16H28N2O. The molecule has 1 aliphatic carbocycles. The number of fused-ring (bicyclic) bond motifs is 2. The zero-order chi connectivity index (χ0) is 13.7. The van der Waals surface area contributed by atoms with Crippen LogP contribution in [0, 0.1) is 16.7 Å². The van der Waals surface area contributed by atoms with E-state index in [0.717, 1.165) is 26.1 Å². The van der Waals surface area contributed by atoms with Gasteiger partial charge in [0, 0.05) is 19.0 Å². The van der Waals surface area contributed by atoms with Crippen LogP contribution in [-0.4, -0.2) is 36.5 Å². The van der Waals surface area contributed by atoms with E-state index in [9.17, 15) is 4.79 Å². The number of nitrogens with zero attached hydrogens (tertiary/aromatic N) is 1. The molecule has 2 aliphatic heterocycles. The Labute approximate surface area is 117 Å². The minimum Gasteiger partial charge on any atom is -0.339 e. The highest BCUT2D eigenvalue weighted by Gasteiger charge is 2.50. The first kappa shape index (κ1) is 13.4. The second-order valence-electron chi connectivity index (χ2n) is 8.30. The summed E-state index contributed by atoms with van der Waals surface area (Å²) in [5, 5.41) is 3.36. The molecule has 1 saturated carbocycles. The minimum atomic E-state index is 0.371. The molecule has 3 rings (SSSR count). The van der Waals surface area contributed by atoms with Crippen LogP contribution in [0.2, 0.25) is 0 Å². The third-order valence-electron chi connectivity index (χ3n) is 5.36. The molecule has 3 heteroatoms. The van der Waals surface area contributed by atoms with E-state index in [1.54, 1.807) is 0 Å². The number of hydrogen-bond donors (Lipinski definition) is 1. The van der Waals surface area contributed by atoms with Crippen LogP contribution in [0.5, 0.6) is 0 Å². The van der Waals surface area contributed by atoms with Crippen molar-refractivity contribution in [2.45, 2.75) is 58.9 Å². The number of carbonyl (C=O) groups excluding carboxylic acids is 1. The SMILES string of the molecule is CC1(C)CC2CC(C)(CN2C(=O)CC2CCNC2)C1. The molecule has 0 aromatic rings. The fraction of sp³-hybridized carbons (Fsp3) is 0.938. The molecule has 19 heavy (non-hydrogen) atoms. The molecule has 3 atom stereocenters. The third kappa shape index (κ3) is 2.67. The second kappa shape index (κ2) is 4.47. The van der Waals surface area contributed by atoms with Crippen molar-refractivity contribution in [1.29, 1.82) is 0 Å². The topological polar surface area (TPSA) is 32.3 Å². The summed E-state index contributed by atoms with van der Waals surface area (Å²) in [7, 11) is 0. The van der Waals surface area contributed by atoms with Gasteiger partial charge in [-0.15, -0.1) is 0 Å². The van der Waals surface area contributed by atoms with Gasteiger partial charge < -0.3 is 10.2 Å². The van der Waals surface area contributed by atoms with E-state index in [-0.39, 0.29) is 0 Å². The first-order valence-corrected chi connectivity index (χ1v) is 7.87. The number of rotatable bonds is 2. The molecule has 3 nitrogen and oxygen atoms in total. The molecule has 1 amide bonds. The van der Waals surface area contributed by atoms with Gasteiger partial charge in [0.05, 0.1) is 0 Å². The normalized spacial score (nSPS) is 40.7. The van der Waals surface area contributed by atoms with Crippen molar-refractivity contribution >= 4 is 5.91 Å². The summed E-state index contributed by atoms with van der Waals surface area (Å²) in [4.78, 5) is 14.8. The quantitative estimate of drug-likeness (QED) is 0.830. The van der Waals surface area contributed by atoms with E-state index in [1.165, 1.54) is 25.7 Å². The standard InChI is InChI=1S/C16H28N2O/c1-15(2)7-13-8-16(3,10-15)11-18(13)14(19)6-12-4-5-17-9-12/h12-13,17H,4-11H2,1-3H3. The van der Waals surface area contributed by atoms with Crippen molar-refractivity contribution in [3.8, 4) is 0 Å². The van der Waals surface area contributed by atoms with Gasteiger partial charge in [0.2, 0.25) is 5.91 Å². The summed E-state index contributed by atoms with van der Waals surface area (Å²) in [5.41, 5.74) is 0.775. The zero-order valence-corrected chi connectivity index (χ0v) is 12.7. The summed E-state index contributed by atoms with van der Waals surface area (Å²) in [6.45, 7) is 10.2. The maximum Gasteiger partial charge on any atom is 0.223 e. The van der Waals surface area contributed by atoms with Gasteiger partial charge in [0.25, 0.3) is 0 Å². The van der Waals surface area contributed by atoms with Crippen LogP contribution in [0.1, 0.15) is 52.9 Å². The van der Waals surface area contributed by atoms with Crippen molar-refractivity contribution < 1.29 is 4.79 Å². The molecule has 0 spiro atoms. The number of amides is 1. The van der Waals surface area contributed by atoms with Gasteiger partial charge in [0.1, 0.15) is 0 Å². The lowest BCUT2D eigenvalue weighted by Crippen LogP contribution is -2.38. The zero-order valence-electron chi connectivity index (χ0n) is 12.7. The average Bonchev–Trinajstić information content (AvgIpc) is 2.83. The van der Waals surface area contributed by atoms with Gasteiger partial charge >= 0.3 is 0 Å². The Morgan fingerprint density at radius 1 is 1.32 bits per heavy atom.